The fourth-order valence-electron chi connectivity index (χ4n) is 7.96. The molecule has 1 aliphatic heterocycles. The van der Waals surface area contributed by atoms with Gasteiger partial charge in [-0.2, -0.15) is 0 Å². The average Bonchev–Trinajstić information content (AvgIpc) is 3.41. The molecule has 5 atom stereocenters. The standard InChI is InChI=1S/C29H36O3/c1-3-21-18-29(31-15-16-32-29)28(2)14-13-25-24-12-10-23(30-19-20-7-5-4-6-8-20)17-22(24)9-11-26(25)27(21)28/h4-8,10,12,17,21,25-27H,3,9,11,13-16,18-19H2,1-2H3/t21-,25?,26?,27?,28?/m0/s1. The Morgan fingerprint density at radius 3 is 2.62 bits per heavy atom. The second kappa shape index (κ2) is 7.88. The lowest BCUT2D eigenvalue weighted by atomic mass is 9.53. The molecular formula is C29H36O3. The van der Waals surface area contributed by atoms with Gasteiger partial charge in [-0.1, -0.05) is 56.7 Å². The Bertz CT molecular complexity index is 964. The van der Waals surface area contributed by atoms with Gasteiger partial charge >= 0.3 is 0 Å². The van der Waals surface area contributed by atoms with E-state index in [1.165, 1.54) is 36.8 Å². The van der Waals surface area contributed by atoms with Gasteiger partial charge in [0, 0.05) is 11.8 Å². The summed E-state index contributed by atoms with van der Waals surface area (Å²) >= 11 is 0. The Kier molecular flexibility index (Phi) is 5.11. The number of ether oxygens (including phenoxy) is 3. The van der Waals surface area contributed by atoms with Crippen LogP contribution in [0.3, 0.4) is 0 Å². The first-order chi connectivity index (χ1) is 15.6. The molecule has 4 aliphatic rings. The lowest BCUT2D eigenvalue weighted by Gasteiger charge is -2.53. The van der Waals surface area contributed by atoms with Crippen LogP contribution in [0.1, 0.15) is 68.6 Å². The third-order valence-electron chi connectivity index (χ3n) is 9.38. The highest BCUT2D eigenvalue weighted by Crippen LogP contribution is 2.68. The zero-order valence-electron chi connectivity index (χ0n) is 19.5. The molecule has 2 aromatic carbocycles. The van der Waals surface area contributed by atoms with Crippen molar-refractivity contribution < 1.29 is 14.2 Å². The summed E-state index contributed by atoms with van der Waals surface area (Å²) < 4.78 is 18.9. The van der Waals surface area contributed by atoms with Crippen LogP contribution < -0.4 is 4.74 Å². The molecule has 0 N–H and O–H groups in total. The molecule has 0 bridgehead atoms. The van der Waals surface area contributed by atoms with Crippen molar-refractivity contribution in [3.8, 4) is 5.75 Å². The van der Waals surface area contributed by atoms with Crippen molar-refractivity contribution in [1.29, 1.82) is 0 Å². The SMILES string of the molecule is CC[C@H]1CC2(OCCO2)C2(C)CCC3c4ccc(OCc5ccccc5)cc4CCC3C12. The van der Waals surface area contributed by atoms with Gasteiger partial charge in [-0.15, -0.1) is 0 Å². The second-order valence-corrected chi connectivity index (χ2v) is 10.7. The van der Waals surface area contributed by atoms with Crippen LogP contribution in [0.25, 0.3) is 0 Å². The molecule has 1 spiro atoms. The second-order valence-electron chi connectivity index (χ2n) is 10.7. The van der Waals surface area contributed by atoms with E-state index in [2.05, 4.69) is 56.3 Å². The molecule has 2 saturated carbocycles. The van der Waals surface area contributed by atoms with Crippen LogP contribution in [0.2, 0.25) is 0 Å². The maximum absolute atomic E-state index is 6.40. The molecular weight excluding hydrogens is 396 g/mol. The smallest absolute Gasteiger partial charge is 0.174 e. The molecule has 0 aromatic heterocycles. The Morgan fingerprint density at radius 1 is 1.03 bits per heavy atom. The quantitative estimate of drug-likeness (QED) is 0.552. The molecule has 6 rings (SSSR count). The van der Waals surface area contributed by atoms with Crippen molar-refractivity contribution in [2.75, 3.05) is 13.2 Å². The monoisotopic (exact) mass is 432 g/mol. The first-order valence-corrected chi connectivity index (χ1v) is 12.7. The molecule has 2 aromatic rings. The third kappa shape index (κ3) is 3.08. The zero-order chi connectivity index (χ0) is 21.8. The van der Waals surface area contributed by atoms with Crippen LogP contribution in [0.5, 0.6) is 5.75 Å². The van der Waals surface area contributed by atoms with E-state index < -0.39 is 0 Å². The normalized spacial score (nSPS) is 34.7. The van der Waals surface area contributed by atoms with Crippen LogP contribution >= 0.6 is 0 Å². The van der Waals surface area contributed by atoms with Crippen LogP contribution in [0, 0.1) is 23.2 Å². The van der Waals surface area contributed by atoms with Crippen LogP contribution in [0.15, 0.2) is 48.5 Å². The summed E-state index contributed by atoms with van der Waals surface area (Å²) in [6, 6.07) is 17.3. The molecule has 1 heterocycles. The molecule has 0 amide bonds. The predicted molar refractivity (Wildman–Crippen MR) is 126 cm³/mol. The molecule has 4 unspecified atom stereocenters. The Hall–Kier alpha value is -1.84. The molecule has 3 heteroatoms. The van der Waals surface area contributed by atoms with Crippen molar-refractivity contribution in [1.82, 2.24) is 0 Å². The minimum atomic E-state index is -0.321. The highest BCUT2D eigenvalue weighted by Gasteiger charge is 2.67. The molecule has 3 nitrogen and oxygen atoms in total. The van der Waals surface area contributed by atoms with E-state index in [1.54, 1.807) is 5.56 Å². The van der Waals surface area contributed by atoms with E-state index >= 15 is 0 Å². The summed E-state index contributed by atoms with van der Waals surface area (Å²) in [5, 5.41) is 0. The number of hydrogen-bond donors (Lipinski definition) is 0. The fraction of sp³-hybridized carbons (Fsp3) is 0.586. The predicted octanol–water partition coefficient (Wildman–Crippen LogP) is 6.50. The van der Waals surface area contributed by atoms with Crippen molar-refractivity contribution in [2.45, 2.75) is 70.7 Å². The average molecular weight is 433 g/mol. The molecule has 32 heavy (non-hydrogen) atoms. The summed E-state index contributed by atoms with van der Waals surface area (Å²) in [6.45, 7) is 7.02. The van der Waals surface area contributed by atoms with Gasteiger partial charge < -0.3 is 14.2 Å². The van der Waals surface area contributed by atoms with Gasteiger partial charge in [-0.25, -0.2) is 0 Å². The maximum atomic E-state index is 6.40. The molecule has 0 radical (unpaired) electrons. The largest absolute Gasteiger partial charge is 0.489 e. The van der Waals surface area contributed by atoms with Gasteiger partial charge in [0.2, 0.25) is 0 Å². The number of hydrogen-bond acceptors (Lipinski definition) is 3. The summed E-state index contributed by atoms with van der Waals surface area (Å²) in [7, 11) is 0. The van der Waals surface area contributed by atoms with E-state index in [1.807, 2.05) is 6.07 Å². The summed E-state index contributed by atoms with van der Waals surface area (Å²) in [4.78, 5) is 0. The van der Waals surface area contributed by atoms with Crippen LogP contribution in [-0.2, 0) is 22.5 Å². The fourth-order valence-corrected chi connectivity index (χ4v) is 7.96. The zero-order valence-corrected chi connectivity index (χ0v) is 19.5. The van der Waals surface area contributed by atoms with Gasteiger partial charge in [-0.05, 0) is 78.2 Å². The molecule has 170 valence electrons. The molecule has 3 aliphatic carbocycles. The number of fused-ring (bicyclic) bond motifs is 6. The maximum Gasteiger partial charge on any atom is 0.174 e. The van der Waals surface area contributed by atoms with Gasteiger partial charge in [0.1, 0.15) is 12.4 Å². The van der Waals surface area contributed by atoms with E-state index in [0.717, 1.165) is 37.7 Å². The minimum absolute atomic E-state index is 0.154. The number of rotatable bonds is 4. The lowest BCUT2D eigenvalue weighted by Crippen LogP contribution is -2.51. The van der Waals surface area contributed by atoms with Gasteiger partial charge in [0.05, 0.1) is 13.2 Å². The minimum Gasteiger partial charge on any atom is -0.489 e. The van der Waals surface area contributed by atoms with Crippen LogP contribution in [0.4, 0.5) is 0 Å². The third-order valence-corrected chi connectivity index (χ3v) is 9.38. The van der Waals surface area contributed by atoms with Crippen molar-refractivity contribution in [3.05, 3.63) is 65.2 Å². The van der Waals surface area contributed by atoms with Crippen molar-refractivity contribution in [2.24, 2.45) is 23.2 Å². The molecule has 1 saturated heterocycles. The summed E-state index contributed by atoms with van der Waals surface area (Å²) in [5.41, 5.74) is 4.46. The Labute approximate surface area is 192 Å². The number of aryl methyl sites for hydroxylation is 1. The number of benzene rings is 2. The van der Waals surface area contributed by atoms with E-state index in [-0.39, 0.29) is 11.2 Å². The molecule has 3 fully saturated rings. The summed E-state index contributed by atoms with van der Waals surface area (Å²) in [6.07, 6.45) is 7.23. The van der Waals surface area contributed by atoms with Gasteiger partial charge in [0.25, 0.3) is 0 Å². The van der Waals surface area contributed by atoms with Crippen LogP contribution in [-0.4, -0.2) is 19.0 Å². The van der Waals surface area contributed by atoms with Crippen molar-refractivity contribution >= 4 is 0 Å². The highest BCUT2D eigenvalue weighted by atomic mass is 16.7. The van der Waals surface area contributed by atoms with E-state index in [0.29, 0.717) is 24.4 Å². The van der Waals surface area contributed by atoms with Crippen molar-refractivity contribution in [3.63, 3.8) is 0 Å². The first-order valence-electron chi connectivity index (χ1n) is 12.7. The topological polar surface area (TPSA) is 27.7 Å². The van der Waals surface area contributed by atoms with E-state index in [4.69, 9.17) is 14.2 Å². The van der Waals surface area contributed by atoms with E-state index in [9.17, 15) is 0 Å². The lowest BCUT2D eigenvalue weighted by molar-refractivity contribution is -0.237. The Balaban J connectivity index is 1.25. The highest BCUT2D eigenvalue weighted by molar-refractivity contribution is 5.41. The van der Waals surface area contributed by atoms with Gasteiger partial charge in [-0.3, -0.25) is 0 Å². The summed E-state index contributed by atoms with van der Waals surface area (Å²) in [5.74, 6) is 3.51. The van der Waals surface area contributed by atoms with Gasteiger partial charge in [0.15, 0.2) is 5.79 Å². The Morgan fingerprint density at radius 2 is 1.84 bits per heavy atom. The first kappa shape index (κ1) is 20.7.